The second-order valence-corrected chi connectivity index (χ2v) is 7.84. The Morgan fingerprint density at radius 2 is 1.93 bits per heavy atom. The van der Waals surface area contributed by atoms with Crippen molar-refractivity contribution in [3.8, 4) is 0 Å². The summed E-state index contributed by atoms with van der Waals surface area (Å²) in [6, 6.07) is 3.73. The van der Waals surface area contributed by atoms with Crippen molar-refractivity contribution in [1.29, 1.82) is 0 Å². The van der Waals surface area contributed by atoms with E-state index < -0.39 is 29.9 Å². The molecule has 2 atom stereocenters. The lowest BCUT2D eigenvalue weighted by atomic mass is 10.0. The van der Waals surface area contributed by atoms with E-state index >= 15 is 0 Å². The number of amides is 2. The summed E-state index contributed by atoms with van der Waals surface area (Å²) in [4.78, 5) is 14.0. The summed E-state index contributed by atoms with van der Waals surface area (Å²) in [5.74, 6) is 0.432. The molecule has 4 rings (SSSR count). The fourth-order valence-corrected chi connectivity index (χ4v) is 4.09. The highest BCUT2D eigenvalue weighted by atomic mass is 32.1. The van der Waals surface area contributed by atoms with E-state index in [-0.39, 0.29) is 13.0 Å². The summed E-state index contributed by atoms with van der Waals surface area (Å²) in [6.07, 6.45) is -2.72. The highest BCUT2D eigenvalue weighted by Crippen LogP contribution is 2.42. The van der Waals surface area contributed by atoms with E-state index in [1.165, 1.54) is 28.4 Å². The second kappa shape index (κ2) is 6.75. The van der Waals surface area contributed by atoms with Gasteiger partial charge >= 0.3 is 12.2 Å². The van der Waals surface area contributed by atoms with E-state index in [2.05, 4.69) is 15.5 Å². The minimum absolute atomic E-state index is 0.103. The van der Waals surface area contributed by atoms with Crippen molar-refractivity contribution in [2.45, 2.75) is 43.5 Å². The monoisotopic (exact) mass is 398 g/mol. The van der Waals surface area contributed by atoms with Gasteiger partial charge in [-0.1, -0.05) is 23.5 Å². The van der Waals surface area contributed by atoms with Crippen molar-refractivity contribution < 1.29 is 23.1 Å². The molecule has 1 aromatic heterocycles. The van der Waals surface area contributed by atoms with E-state index in [0.29, 0.717) is 16.6 Å². The number of carbonyl (C=O) groups is 1. The van der Waals surface area contributed by atoms with E-state index in [4.69, 9.17) is 0 Å². The molecule has 1 saturated heterocycles. The molecule has 1 aromatic carbocycles. The number of aliphatic hydroxyl groups excluding tert-OH is 1. The van der Waals surface area contributed by atoms with Crippen molar-refractivity contribution in [3.63, 3.8) is 0 Å². The summed E-state index contributed by atoms with van der Waals surface area (Å²) in [6.45, 7) is 0.103. The molecular weight excluding hydrogens is 381 g/mol. The van der Waals surface area contributed by atoms with Crippen molar-refractivity contribution >= 4 is 22.5 Å². The molecule has 1 aliphatic carbocycles. The zero-order valence-corrected chi connectivity index (χ0v) is 14.9. The van der Waals surface area contributed by atoms with Gasteiger partial charge < -0.3 is 10.0 Å². The largest absolute Gasteiger partial charge is 0.416 e. The van der Waals surface area contributed by atoms with Crippen LogP contribution in [0.4, 0.5) is 23.1 Å². The lowest BCUT2D eigenvalue weighted by molar-refractivity contribution is -0.137. The Bertz CT molecular complexity index is 835. The number of carbonyl (C=O) groups excluding carboxylic acids is 1. The molecule has 0 radical (unpaired) electrons. The van der Waals surface area contributed by atoms with Crippen LogP contribution in [0.15, 0.2) is 24.3 Å². The molecule has 1 aliphatic heterocycles. The molecule has 2 heterocycles. The van der Waals surface area contributed by atoms with Crippen LogP contribution in [-0.4, -0.2) is 38.9 Å². The van der Waals surface area contributed by atoms with Crippen LogP contribution in [-0.2, 0) is 6.18 Å². The highest BCUT2D eigenvalue weighted by molar-refractivity contribution is 7.15. The third-order valence-corrected chi connectivity index (χ3v) is 5.74. The number of aliphatic hydroxyl groups is 1. The molecule has 1 saturated carbocycles. The van der Waals surface area contributed by atoms with Crippen LogP contribution >= 0.6 is 11.3 Å². The number of likely N-dealkylation sites (tertiary alicyclic amines) is 1. The van der Waals surface area contributed by atoms with Crippen LogP contribution in [0.25, 0.3) is 0 Å². The minimum atomic E-state index is -4.41. The number of hydrogen-bond donors (Lipinski definition) is 2. The maximum absolute atomic E-state index is 12.7. The molecule has 0 unspecified atom stereocenters. The van der Waals surface area contributed by atoms with Gasteiger partial charge in [0.1, 0.15) is 5.01 Å². The molecule has 144 valence electrons. The van der Waals surface area contributed by atoms with Crippen LogP contribution in [0.1, 0.15) is 47.4 Å². The van der Waals surface area contributed by atoms with Crippen LogP contribution in [0.2, 0.25) is 0 Å². The van der Waals surface area contributed by atoms with Crippen molar-refractivity contribution in [2.75, 3.05) is 11.9 Å². The van der Waals surface area contributed by atoms with Gasteiger partial charge in [-0.15, -0.1) is 10.2 Å². The van der Waals surface area contributed by atoms with Gasteiger partial charge in [0.25, 0.3) is 0 Å². The predicted molar refractivity (Wildman–Crippen MR) is 92.4 cm³/mol. The standard InChI is InChI=1S/C17H17F3N4O2S/c18-17(19,20)11-5-3-9(4-6-11)13-7-12(25)8-24(13)16(26)21-15-23-22-14(27-15)10-1-2-10/h3-6,10,12-13,25H,1-2,7-8H2,(H,21,23,26)/t12-,13+/m0/s1. The van der Waals surface area contributed by atoms with Crippen LogP contribution < -0.4 is 5.32 Å². The first-order chi connectivity index (χ1) is 12.8. The molecule has 2 fully saturated rings. The third kappa shape index (κ3) is 3.91. The summed E-state index contributed by atoms with van der Waals surface area (Å²) in [7, 11) is 0. The molecule has 10 heteroatoms. The number of nitrogens with zero attached hydrogens (tertiary/aromatic N) is 3. The predicted octanol–water partition coefficient (Wildman–Crippen LogP) is 3.77. The Morgan fingerprint density at radius 3 is 2.56 bits per heavy atom. The van der Waals surface area contributed by atoms with Crippen molar-refractivity contribution in [2.24, 2.45) is 0 Å². The van der Waals surface area contributed by atoms with Crippen LogP contribution in [0.3, 0.4) is 0 Å². The number of anilines is 1. The van der Waals surface area contributed by atoms with Gasteiger partial charge in [0.2, 0.25) is 5.13 Å². The van der Waals surface area contributed by atoms with Crippen molar-refractivity contribution in [3.05, 3.63) is 40.4 Å². The topological polar surface area (TPSA) is 78.4 Å². The number of halogens is 3. The number of aromatic nitrogens is 2. The molecule has 6 nitrogen and oxygen atoms in total. The first kappa shape index (κ1) is 18.2. The molecular formula is C17H17F3N4O2S. The summed E-state index contributed by atoms with van der Waals surface area (Å²) >= 11 is 1.32. The number of hydrogen-bond acceptors (Lipinski definition) is 5. The van der Waals surface area contributed by atoms with Gasteiger partial charge in [-0.25, -0.2) is 4.79 Å². The van der Waals surface area contributed by atoms with Gasteiger partial charge in [0.15, 0.2) is 0 Å². The van der Waals surface area contributed by atoms with Crippen LogP contribution in [0.5, 0.6) is 0 Å². The summed E-state index contributed by atoms with van der Waals surface area (Å²) in [5.41, 5.74) is -0.201. The Morgan fingerprint density at radius 1 is 1.22 bits per heavy atom. The third-order valence-electron chi connectivity index (χ3n) is 4.74. The average molecular weight is 398 g/mol. The molecule has 2 N–H and O–H groups in total. The van der Waals surface area contributed by atoms with Gasteiger partial charge in [0.05, 0.1) is 17.7 Å². The first-order valence-electron chi connectivity index (χ1n) is 8.57. The van der Waals surface area contributed by atoms with E-state index in [0.717, 1.165) is 30.0 Å². The zero-order chi connectivity index (χ0) is 19.2. The fourth-order valence-electron chi connectivity index (χ4n) is 3.19. The molecule has 0 spiro atoms. The number of nitrogens with one attached hydrogen (secondary N) is 1. The summed E-state index contributed by atoms with van der Waals surface area (Å²) < 4.78 is 38.2. The lowest BCUT2D eigenvalue weighted by Crippen LogP contribution is -2.35. The lowest BCUT2D eigenvalue weighted by Gasteiger charge is -2.24. The Labute approximate surface area is 157 Å². The Balaban J connectivity index is 1.49. The van der Waals surface area contributed by atoms with Gasteiger partial charge in [-0.05, 0) is 37.0 Å². The Hall–Kier alpha value is -2.20. The van der Waals surface area contributed by atoms with E-state index in [1.807, 2.05) is 0 Å². The summed E-state index contributed by atoms with van der Waals surface area (Å²) in [5, 5.41) is 22.0. The van der Waals surface area contributed by atoms with Gasteiger partial charge in [-0.2, -0.15) is 13.2 Å². The number of urea groups is 1. The smallest absolute Gasteiger partial charge is 0.391 e. The SMILES string of the molecule is O=C(Nc1nnc(C2CC2)s1)N1C[C@@H](O)C[C@@H]1c1ccc(C(F)(F)F)cc1. The quantitative estimate of drug-likeness (QED) is 0.825. The maximum atomic E-state index is 12.7. The highest BCUT2D eigenvalue weighted by Gasteiger charge is 2.37. The zero-order valence-electron chi connectivity index (χ0n) is 14.1. The average Bonchev–Trinajstić information content (AvgIpc) is 3.24. The van der Waals surface area contributed by atoms with Crippen LogP contribution in [0, 0.1) is 0 Å². The molecule has 2 aromatic rings. The van der Waals surface area contributed by atoms with E-state index in [9.17, 15) is 23.1 Å². The second-order valence-electron chi connectivity index (χ2n) is 6.83. The minimum Gasteiger partial charge on any atom is -0.391 e. The molecule has 27 heavy (non-hydrogen) atoms. The number of β-amino-alcohol motifs (C(OH)–C–C–N with tert-alkyl or cyclic N) is 1. The fraction of sp³-hybridized carbons (Fsp3) is 0.471. The number of rotatable bonds is 3. The number of benzene rings is 1. The molecule has 2 amide bonds. The van der Waals surface area contributed by atoms with Gasteiger partial charge in [0, 0.05) is 12.5 Å². The number of alkyl halides is 3. The van der Waals surface area contributed by atoms with Crippen molar-refractivity contribution in [1.82, 2.24) is 15.1 Å². The first-order valence-corrected chi connectivity index (χ1v) is 9.39. The van der Waals surface area contributed by atoms with Gasteiger partial charge in [-0.3, -0.25) is 5.32 Å². The Kier molecular flexibility index (Phi) is 4.55. The maximum Gasteiger partial charge on any atom is 0.416 e. The van der Waals surface area contributed by atoms with E-state index in [1.54, 1.807) is 0 Å². The normalized spacial score (nSPS) is 22.9. The molecule has 0 bridgehead atoms. The molecule has 2 aliphatic rings.